The van der Waals surface area contributed by atoms with E-state index in [1.807, 2.05) is 26.8 Å². The van der Waals surface area contributed by atoms with Crippen LogP contribution in [0.25, 0.3) is 0 Å². The minimum atomic E-state index is -4.48. The number of anilines is 1. The van der Waals surface area contributed by atoms with Crippen LogP contribution in [0.3, 0.4) is 0 Å². The fraction of sp³-hybridized carbons (Fsp3) is 0.393. The highest BCUT2D eigenvalue weighted by Crippen LogP contribution is 2.37. The molecule has 0 saturated heterocycles. The standard InChI is InChI=1S/C28H33F4N5S2/c1-17(6-8-24-25(35-18(2)27(3,4)5)10-21(12-34-24)28(30,31)32)36-13-19-15-37(16-20(19)14-36)39-26-9-7-22(38-33)11-23(26)29/h7,9-12,35H,1-2,6,8,13-16,33H2,3-5H3. The van der Waals surface area contributed by atoms with E-state index in [1.54, 1.807) is 6.07 Å². The molecule has 0 bridgehead atoms. The van der Waals surface area contributed by atoms with Gasteiger partial charge in [0.2, 0.25) is 0 Å². The number of hydrogen-bond acceptors (Lipinski definition) is 7. The minimum Gasteiger partial charge on any atom is -0.367 e. The van der Waals surface area contributed by atoms with Gasteiger partial charge >= 0.3 is 6.18 Å². The van der Waals surface area contributed by atoms with E-state index in [0.717, 1.165) is 56.1 Å². The van der Waals surface area contributed by atoms with E-state index >= 15 is 0 Å². The lowest BCUT2D eigenvalue weighted by atomic mass is 9.92. The zero-order valence-corrected chi connectivity index (χ0v) is 23.9. The van der Waals surface area contributed by atoms with E-state index in [2.05, 4.69) is 32.7 Å². The summed E-state index contributed by atoms with van der Waals surface area (Å²) in [6, 6.07) is 6.11. The van der Waals surface area contributed by atoms with E-state index in [0.29, 0.717) is 39.7 Å². The summed E-state index contributed by atoms with van der Waals surface area (Å²) in [7, 11) is 0. The van der Waals surface area contributed by atoms with Gasteiger partial charge in [0.25, 0.3) is 0 Å². The van der Waals surface area contributed by atoms with Crippen molar-refractivity contribution in [2.24, 2.45) is 10.6 Å². The van der Waals surface area contributed by atoms with Crippen molar-refractivity contribution in [3.63, 3.8) is 0 Å². The van der Waals surface area contributed by atoms with Crippen LogP contribution in [0.15, 0.2) is 76.0 Å². The predicted molar refractivity (Wildman–Crippen MR) is 151 cm³/mol. The molecular weight excluding hydrogens is 546 g/mol. The summed E-state index contributed by atoms with van der Waals surface area (Å²) in [6.07, 6.45) is -2.60. The fourth-order valence-corrected chi connectivity index (χ4v) is 5.64. The lowest BCUT2D eigenvalue weighted by Gasteiger charge is -2.26. The number of nitrogens with one attached hydrogen (secondary N) is 1. The van der Waals surface area contributed by atoms with Crippen LogP contribution in [0.1, 0.15) is 38.4 Å². The summed E-state index contributed by atoms with van der Waals surface area (Å²) < 4.78 is 56.6. The van der Waals surface area contributed by atoms with Gasteiger partial charge in [0, 0.05) is 54.1 Å². The first-order valence-corrected chi connectivity index (χ1v) is 14.1. The van der Waals surface area contributed by atoms with Gasteiger partial charge in [-0.2, -0.15) is 13.2 Å². The van der Waals surface area contributed by atoms with Crippen LogP contribution in [0.4, 0.5) is 23.2 Å². The number of aromatic nitrogens is 1. The lowest BCUT2D eigenvalue weighted by molar-refractivity contribution is -0.137. The van der Waals surface area contributed by atoms with Crippen LogP contribution in [-0.4, -0.2) is 40.4 Å². The van der Waals surface area contributed by atoms with Crippen LogP contribution >= 0.6 is 23.9 Å². The number of aryl methyl sites for hydroxylation is 1. The van der Waals surface area contributed by atoms with Crippen molar-refractivity contribution in [1.82, 2.24) is 14.2 Å². The average Bonchev–Trinajstić information content (AvgIpc) is 3.42. The molecule has 0 radical (unpaired) electrons. The van der Waals surface area contributed by atoms with E-state index in [-0.39, 0.29) is 11.2 Å². The van der Waals surface area contributed by atoms with Crippen molar-refractivity contribution < 1.29 is 17.6 Å². The third-order valence-electron chi connectivity index (χ3n) is 6.85. The van der Waals surface area contributed by atoms with Gasteiger partial charge < -0.3 is 10.2 Å². The summed E-state index contributed by atoms with van der Waals surface area (Å²) in [5.41, 5.74) is 3.85. The first-order chi connectivity index (χ1) is 18.2. The normalized spacial score (nSPS) is 16.2. The van der Waals surface area contributed by atoms with Crippen LogP contribution in [0.5, 0.6) is 0 Å². The Labute approximate surface area is 235 Å². The molecule has 2 aliphatic heterocycles. The fourth-order valence-electron chi connectivity index (χ4n) is 4.33. The topological polar surface area (TPSA) is 57.4 Å². The molecule has 0 unspecified atom stereocenters. The molecule has 5 nitrogen and oxygen atoms in total. The van der Waals surface area contributed by atoms with Crippen molar-refractivity contribution >= 4 is 29.6 Å². The molecule has 210 valence electrons. The Bertz CT molecular complexity index is 1280. The average molecular weight is 580 g/mol. The minimum absolute atomic E-state index is 0.283. The Morgan fingerprint density at radius 1 is 1.08 bits per heavy atom. The highest BCUT2D eigenvalue weighted by atomic mass is 32.2. The second-order valence-electron chi connectivity index (χ2n) is 10.8. The largest absolute Gasteiger partial charge is 0.417 e. The molecule has 0 aliphatic carbocycles. The number of halogens is 4. The first kappa shape index (κ1) is 29.5. The zero-order chi connectivity index (χ0) is 28.5. The van der Waals surface area contributed by atoms with Crippen LogP contribution in [0.2, 0.25) is 0 Å². The van der Waals surface area contributed by atoms with Gasteiger partial charge in [-0.1, -0.05) is 33.9 Å². The Morgan fingerprint density at radius 3 is 2.31 bits per heavy atom. The molecule has 3 heterocycles. The molecule has 3 N–H and O–H groups in total. The van der Waals surface area contributed by atoms with E-state index in [4.69, 9.17) is 5.14 Å². The highest BCUT2D eigenvalue weighted by molar-refractivity contribution is 7.97. The third kappa shape index (κ3) is 7.19. The van der Waals surface area contributed by atoms with Crippen LogP contribution in [-0.2, 0) is 12.6 Å². The monoisotopic (exact) mass is 579 g/mol. The van der Waals surface area contributed by atoms with Crippen molar-refractivity contribution in [1.29, 1.82) is 0 Å². The van der Waals surface area contributed by atoms with E-state index < -0.39 is 11.7 Å². The molecule has 2 aliphatic rings. The summed E-state index contributed by atoms with van der Waals surface area (Å²) in [4.78, 5) is 7.61. The number of nitrogens with zero attached hydrogens (tertiary/aromatic N) is 3. The molecule has 0 fully saturated rings. The second kappa shape index (κ2) is 11.6. The Hall–Kier alpha value is -2.47. The molecule has 1 aromatic carbocycles. The molecule has 0 atom stereocenters. The zero-order valence-electron chi connectivity index (χ0n) is 22.3. The van der Waals surface area contributed by atoms with Gasteiger partial charge in [-0.15, -0.1) is 0 Å². The van der Waals surface area contributed by atoms with Gasteiger partial charge in [0.05, 0.1) is 21.8 Å². The number of pyridine rings is 1. The maximum absolute atomic E-state index is 14.4. The lowest BCUT2D eigenvalue weighted by Crippen LogP contribution is -2.26. The Balaban J connectivity index is 1.34. The highest BCUT2D eigenvalue weighted by Gasteiger charge is 2.33. The molecule has 2 aromatic rings. The van der Waals surface area contributed by atoms with Crippen LogP contribution < -0.4 is 10.5 Å². The maximum atomic E-state index is 14.4. The SMILES string of the molecule is C=C(CCc1ncc(C(F)(F)F)cc1NC(=C)C(C)(C)C)N1CC2=C(CN(Sc3ccc(SN)cc3F)C2)C1. The molecular formula is C28H33F4N5S2. The quantitative estimate of drug-likeness (QED) is 0.184. The van der Waals surface area contributed by atoms with Gasteiger partial charge in [0.15, 0.2) is 0 Å². The summed E-state index contributed by atoms with van der Waals surface area (Å²) >= 11 is 2.42. The number of hydrogen-bond donors (Lipinski definition) is 2. The molecule has 4 rings (SSSR count). The van der Waals surface area contributed by atoms with Crippen molar-refractivity contribution in [3.05, 3.63) is 83.2 Å². The van der Waals surface area contributed by atoms with Crippen molar-refractivity contribution in [2.45, 2.75) is 49.6 Å². The number of allylic oxidation sites excluding steroid dienone is 2. The summed E-state index contributed by atoms with van der Waals surface area (Å²) in [6.45, 7) is 17.0. The Kier molecular flexibility index (Phi) is 8.75. The van der Waals surface area contributed by atoms with Gasteiger partial charge in [-0.3, -0.25) is 10.1 Å². The second-order valence-corrected chi connectivity index (χ2v) is 12.6. The summed E-state index contributed by atoms with van der Waals surface area (Å²) in [5, 5.41) is 8.59. The van der Waals surface area contributed by atoms with E-state index in [1.165, 1.54) is 29.2 Å². The number of benzene rings is 1. The van der Waals surface area contributed by atoms with Gasteiger partial charge in [-0.05, 0) is 72.1 Å². The summed E-state index contributed by atoms with van der Waals surface area (Å²) in [5.74, 6) is -0.283. The van der Waals surface area contributed by atoms with Crippen molar-refractivity contribution in [3.8, 4) is 0 Å². The number of alkyl halides is 3. The molecule has 1 aromatic heterocycles. The van der Waals surface area contributed by atoms with Gasteiger partial charge in [-0.25, -0.2) is 8.70 Å². The molecule has 39 heavy (non-hydrogen) atoms. The predicted octanol–water partition coefficient (Wildman–Crippen LogP) is 7.26. The van der Waals surface area contributed by atoms with Crippen LogP contribution in [0, 0.1) is 11.2 Å². The number of rotatable bonds is 9. The molecule has 0 saturated carbocycles. The molecule has 0 amide bonds. The smallest absolute Gasteiger partial charge is 0.367 e. The van der Waals surface area contributed by atoms with Gasteiger partial charge in [0.1, 0.15) is 5.82 Å². The first-order valence-electron chi connectivity index (χ1n) is 12.5. The molecule has 11 heteroatoms. The maximum Gasteiger partial charge on any atom is 0.417 e. The van der Waals surface area contributed by atoms with Crippen molar-refractivity contribution in [2.75, 3.05) is 31.5 Å². The number of nitrogens with two attached hydrogens (primary N) is 1. The Morgan fingerprint density at radius 2 is 1.74 bits per heavy atom. The molecule has 0 spiro atoms. The third-order valence-corrected chi connectivity index (χ3v) is 8.42. The van der Waals surface area contributed by atoms with E-state index in [9.17, 15) is 17.6 Å².